The average Bonchev–Trinajstić information content (AvgIpc) is 3.35. The summed E-state index contributed by atoms with van der Waals surface area (Å²) in [5.74, 6) is 1.82. The Hall–Kier alpha value is -3.65. The van der Waals surface area contributed by atoms with Gasteiger partial charge in [0.25, 0.3) is 0 Å². The standard InChI is InChI=1S/C27H27N5O2S/c1-31(24-9-5-7-19-6-3-4-8-23(19)24)25(33)18-35-27-30-29-26(20-14-16-28-17-15-20)32(27)21-10-12-22(34-2)13-11-21/h3-4,6,8,10-17,24H,5,7,9,18H2,1-2H3/t24-/m1/s1. The minimum absolute atomic E-state index is 0.0754. The molecule has 0 aliphatic heterocycles. The fourth-order valence-electron chi connectivity index (χ4n) is 4.55. The van der Waals surface area contributed by atoms with Crippen LogP contribution in [-0.2, 0) is 11.2 Å². The zero-order valence-corrected chi connectivity index (χ0v) is 20.6. The summed E-state index contributed by atoms with van der Waals surface area (Å²) >= 11 is 1.40. The number of aryl methyl sites for hydroxylation is 1. The first kappa shape index (κ1) is 23.1. The number of carbonyl (C=O) groups is 1. The van der Waals surface area contributed by atoms with Crippen LogP contribution in [0.25, 0.3) is 17.1 Å². The molecule has 1 aliphatic carbocycles. The molecule has 2 aromatic carbocycles. The number of fused-ring (bicyclic) bond motifs is 1. The van der Waals surface area contributed by atoms with E-state index < -0.39 is 0 Å². The molecule has 2 heterocycles. The first-order valence-corrected chi connectivity index (χ1v) is 12.6. The molecule has 5 rings (SSSR count). The monoisotopic (exact) mass is 485 g/mol. The Kier molecular flexibility index (Phi) is 6.81. The molecule has 2 aromatic heterocycles. The second-order valence-corrected chi connectivity index (χ2v) is 9.42. The number of hydrogen-bond donors (Lipinski definition) is 0. The van der Waals surface area contributed by atoms with E-state index in [-0.39, 0.29) is 17.7 Å². The normalized spacial score (nSPS) is 14.9. The molecule has 0 spiro atoms. The molecule has 0 fully saturated rings. The van der Waals surface area contributed by atoms with Crippen molar-refractivity contribution in [1.29, 1.82) is 0 Å². The molecule has 178 valence electrons. The summed E-state index contributed by atoms with van der Waals surface area (Å²) in [6.07, 6.45) is 6.61. The molecule has 7 nitrogen and oxygen atoms in total. The van der Waals surface area contributed by atoms with Crippen LogP contribution >= 0.6 is 11.8 Å². The summed E-state index contributed by atoms with van der Waals surface area (Å²) in [5, 5.41) is 9.56. The van der Waals surface area contributed by atoms with Crippen LogP contribution in [0.2, 0.25) is 0 Å². The Morgan fingerprint density at radius 2 is 1.86 bits per heavy atom. The Bertz CT molecular complexity index is 1310. The summed E-state index contributed by atoms with van der Waals surface area (Å²) < 4.78 is 7.29. The third kappa shape index (κ3) is 4.79. The quantitative estimate of drug-likeness (QED) is 0.344. The maximum Gasteiger partial charge on any atom is 0.233 e. The van der Waals surface area contributed by atoms with Gasteiger partial charge in [-0.1, -0.05) is 36.0 Å². The van der Waals surface area contributed by atoms with Crippen LogP contribution in [0.4, 0.5) is 0 Å². The lowest BCUT2D eigenvalue weighted by atomic mass is 9.87. The molecular weight excluding hydrogens is 458 g/mol. The van der Waals surface area contributed by atoms with E-state index in [9.17, 15) is 4.79 Å². The van der Waals surface area contributed by atoms with Gasteiger partial charge in [0, 0.05) is 30.7 Å². The Morgan fingerprint density at radius 1 is 1.09 bits per heavy atom. The maximum absolute atomic E-state index is 13.3. The third-order valence-electron chi connectivity index (χ3n) is 6.43. The molecule has 0 unspecified atom stereocenters. The van der Waals surface area contributed by atoms with Gasteiger partial charge in [0.1, 0.15) is 5.75 Å². The first-order valence-electron chi connectivity index (χ1n) is 11.6. The number of amides is 1. The van der Waals surface area contributed by atoms with Gasteiger partial charge in [-0.15, -0.1) is 10.2 Å². The van der Waals surface area contributed by atoms with E-state index in [4.69, 9.17) is 4.74 Å². The molecule has 0 radical (unpaired) electrons. The average molecular weight is 486 g/mol. The molecule has 0 bridgehead atoms. The van der Waals surface area contributed by atoms with Crippen molar-refractivity contribution in [3.05, 3.63) is 84.2 Å². The van der Waals surface area contributed by atoms with Gasteiger partial charge in [0.15, 0.2) is 11.0 Å². The maximum atomic E-state index is 13.3. The lowest BCUT2D eigenvalue weighted by Gasteiger charge is -2.33. The van der Waals surface area contributed by atoms with E-state index in [1.807, 2.05) is 52.9 Å². The van der Waals surface area contributed by atoms with Crippen LogP contribution in [0.5, 0.6) is 5.75 Å². The highest BCUT2D eigenvalue weighted by Crippen LogP contribution is 2.34. The summed E-state index contributed by atoms with van der Waals surface area (Å²) in [6, 6.07) is 20.1. The van der Waals surface area contributed by atoms with Crippen molar-refractivity contribution >= 4 is 17.7 Å². The number of benzene rings is 2. The lowest BCUT2D eigenvalue weighted by Crippen LogP contribution is -2.34. The number of aromatic nitrogens is 4. The topological polar surface area (TPSA) is 73.1 Å². The smallest absolute Gasteiger partial charge is 0.233 e. The number of ether oxygens (including phenoxy) is 1. The van der Waals surface area contributed by atoms with Crippen molar-refractivity contribution < 1.29 is 9.53 Å². The molecule has 0 saturated heterocycles. The summed E-state index contributed by atoms with van der Waals surface area (Å²) in [4.78, 5) is 19.3. The van der Waals surface area contributed by atoms with E-state index in [0.717, 1.165) is 36.3 Å². The SMILES string of the molecule is COc1ccc(-n2c(SCC(=O)N(C)[C@@H]3CCCc4ccccc43)nnc2-c2ccncc2)cc1. The highest BCUT2D eigenvalue weighted by atomic mass is 32.2. The van der Waals surface area contributed by atoms with E-state index in [1.54, 1.807) is 19.5 Å². The number of carbonyl (C=O) groups excluding carboxylic acids is 1. The number of methoxy groups -OCH3 is 1. The van der Waals surface area contributed by atoms with Crippen molar-refractivity contribution in [1.82, 2.24) is 24.6 Å². The van der Waals surface area contributed by atoms with Gasteiger partial charge in [-0.3, -0.25) is 14.3 Å². The molecule has 1 aliphatic rings. The van der Waals surface area contributed by atoms with Crippen LogP contribution in [0, 0.1) is 0 Å². The number of nitrogens with zero attached hydrogens (tertiary/aromatic N) is 5. The van der Waals surface area contributed by atoms with E-state index in [2.05, 4.69) is 39.4 Å². The van der Waals surface area contributed by atoms with E-state index in [1.165, 1.54) is 22.9 Å². The van der Waals surface area contributed by atoms with Gasteiger partial charge in [0.05, 0.1) is 18.9 Å². The summed E-state index contributed by atoms with van der Waals surface area (Å²) in [6.45, 7) is 0. The number of hydrogen-bond acceptors (Lipinski definition) is 6. The van der Waals surface area contributed by atoms with Crippen molar-refractivity contribution in [3.8, 4) is 22.8 Å². The van der Waals surface area contributed by atoms with Crippen LogP contribution < -0.4 is 4.74 Å². The second-order valence-electron chi connectivity index (χ2n) is 8.48. The van der Waals surface area contributed by atoms with E-state index >= 15 is 0 Å². The molecule has 8 heteroatoms. The summed E-state index contributed by atoms with van der Waals surface area (Å²) in [7, 11) is 3.55. The zero-order valence-electron chi connectivity index (χ0n) is 19.8. The van der Waals surface area contributed by atoms with Crippen molar-refractivity contribution in [2.45, 2.75) is 30.5 Å². The first-order chi connectivity index (χ1) is 17.2. The molecule has 35 heavy (non-hydrogen) atoms. The minimum Gasteiger partial charge on any atom is -0.497 e. The third-order valence-corrected chi connectivity index (χ3v) is 7.34. The predicted octanol–water partition coefficient (Wildman–Crippen LogP) is 4.97. The number of thioether (sulfide) groups is 1. The van der Waals surface area contributed by atoms with Gasteiger partial charge in [-0.25, -0.2) is 0 Å². The predicted molar refractivity (Wildman–Crippen MR) is 137 cm³/mol. The molecule has 4 aromatic rings. The van der Waals surface area contributed by atoms with Crippen LogP contribution in [0.3, 0.4) is 0 Å². The Labute approximate surface area is 209 Å². The summed E-state index contributed by atoms with van der Waals surface area (Å²) in [5.41, 5.74) is 4.41. The van der Waals surface area contributed by atoms with Gasteiger partial charge in [0.2, 0.25) is 5.91 Å². The Balaban J connectivity index is 1.39. The van der Waals surface area contributed by atoms with Gasteiger partial charge in [-0.05, 0) is 66.8 Å². The highest BCUT2D eigenvalue weighted by Gasteiger charge is 2.27. The zero-order chi connectivity index (χ0) is 24.2. The van der Waals surface area contributed by atoms with Crippen molar-refractivity contribution in [2.24, 2.45) is 0 Å². The van der Waals surface area contributed by atoms with Crippen LogP contribution in [0.1, 0.15) is 30.0 Å². The fraction of sp³-hybridized carbons (Fsp3) is 0.259. The van der Waals surface area contributed by atoms with Gasteiger partial charge < -0.3 is 9.64 Å². The highest BCUT2D eigenvalue weighted by molar-refractivity contribution is 7.99. The van der Waals surface area contributed by atoms with Crippen LogP contribution in [-0.4, -0.2) is 50.5 Å². The number of rotatable bonds is 7. The van der Waals surface area contributed by atoms with Gasteiger partial charge in [-0.2, -0.15) is 0 Å². The number of pyridine rings is 1. The van der Waals surface area contributed by atoms with Gasteiger partial charge >= 0.3 is 0 Å². The second kappa shape index (κ2) is 10.3. The molecule has 1 atom stereocenters. The molecule has 0 N–H and O–H groups in total. The molecular formula is C27H27N5O2S. The van der Waals surface area contributed by atoms with Crippen molar-refractivity contribution in [2.75, 3.05) is 19.9 Å². The molecule has 0 saturated carbocycles. The van der Waals surface area contributed by atoms with Crippen LogP contribution in [0.15, 0.2) is 78.2 Å². The Morgan fingerprint density at radius 3 is 2.63 bits per heavy atom. The molecule has 1 amide bonds. The fourth-order valence-corrected chi connectivity index (χ4v) is 5.42. The largest absolute Gasteiger partial charge is 0.497 e. The van der Waals surface area contributed by atoms with Crippen molar-refractivity contribution in [3.63, 3.8) is 0 Å². The minimum atomic E-state index is 0.0754. The van der Waals surface area contributed by atoms with E-state index in [0.29, 0.717) is 11.0 Å². The lowest BCUT2D eigenvalue weighted by molar-refractivity contribution is -0.129.